The van der Waals surface area contributed by atoms with Crippen LogP contribution in [0.15, 0.2) is 388 Å². The van der Waals surface area contributed by atoms with Crippen LogP contribution in [0.4, 0.5) is 34.1 Å². The van der Waals surface area contributed by atoms with Crippen molar-refractivity contribution < 1.29 is 0 Å². The fourth-order valence-corrected chi connectivity index (χ4v) is 17.3. The third-order valence-corrected chi connectivity index (χ3v) is 23.0. The minimum absolute atomic E-state index is 0.108. The molecule has 0 saturated carbocycles. The smallest absolute Gasteiger partial charge is 0.0540 e. The lowest BCUT2D eigenvalue weighted by atomic mass is 9.82. The lowest BCUT2D eigenvalue weighted by Crippen LogP contribution is -2.18. The SMILES string of the molecule is CC1(C)c2ccccc2-c2ccc(N(c3ccc(-c4ccccc4)cc3)c3ccc(-c4ccc(-c5ccccc5)cc4)cc3-c3ccccc3)cc21.CC1(C)c2ccccc2-c2ccc(N(c3ccc4c(c3)C(C)(C)c3ccccc3-4)c3ccc(-c4ccc(-c5ccccc5)cc4)cc3-c3ccccc3)cc21. The van der Waals surface area contributed by atoms with E-state index in [4.69, 9.17) is 0 Å². The van der Waals surface area contributed by atoms with E-state index in [0.717, 1.165) is 34.1 Å². The number of hydrogen-bond donors (Lipinski definition) is 0. The molecule has 0 aromatic heterocycles. The maximum Gasteiger partial charge on any atom is 0.0540 e. The second-order valence-electron chi connectivity index (χ2n) is 30.4. The molecule has 16 aromatic rings. The minimum atomic E-state index is -0.118. The topological polar surface area (TPSA) is 6.48 Å². The number of benzene rings is 16. The summed E-state index contributed by atoms with van der Waals surface area (Å²) in [7, 11) is 0. The van der Waals surface area contributed by atoms with E-state index in [1.54, 1.807) is 0 Å². The van der Waals surface area contributed by atoms with Gasteiger partial charge in [0, 0.05) is 50.1 Å². The van der Waals surface area contributed by atoms with Crippen molar-refractivity contribution in [3.8, 4) is 111 Å². The van der Waals surface area contributed by atoms with Crippen molar-refractivity contribution in [3.05, 3.63) is 422 Å². The number of rotatable bonds is 13. The Bertz CT molecular complexity index is 5870. The Labute approximate surface area is 630 Å². The number of nitrogens with zero attached hydrogens (tertiary/aromatic N) is 2. The highest BCUT2D eigenvalue weighted by Gasteiger charge is 2.39. The third-order valence-electron chi connectivity index (χ3n) is 23.0. The van der Waals surface area contributed by atoms with Crippen LogP contribution in [0.3, 0.4) is 0 Å². The summed E-state index contributed by atoms with van der Waals surface area (Å²) in [5, 5.41) is 0. The van der Waals surface area contributed by atoms with Crippen molar-refractivity contribution >= 4 is 34.1 Å². The Morgan fingerprint density at radius 1 is 0.150 bits per heavy atom. The molecule has 0 spiro atoms. The maximum absolute atomic E-state index is 2.50. The van der Waals surface area contributed by atoms with Gasteiger partial charge in [-0.25, -0.2) is 0 Å². The van der Waals surface area contributed by atoms with Crippen molar-refractivity contribution in [1.29, 1.82) is 0 Å². The zero-order chi connectivity index (χ0) is 72.4. The molecule has 0 atom stereocenters. The quantitative estimate of drug-likeness (QED) is 0.114. The van der Waals surface area contributed by atoms with E-state index in [-0.39, 0.29) is 16.2 Å². The molecule has 0 N–H and O–H groups in total. The zero-order valence-corrected chi connectivity index (χ0v) is 61.3. The first-order valence-corrected chi connectivity index (χ1v) is 37.5. The summed E-state index contributed by atoms with van der Waals surface area (Å²) in [6.45, 7) is 14.2. The third kappa shape index (κ3) is 11.9. The van der Waals surface area contributed by atoms with Crippen LogP contribution in [0.2, 0.25) is 0 Å². The fourth-order valence-electron chi connectivity index (χ4n) is 17.3. The van der Waals surface area contributed by atoms with Crippen LogP contribution >= 0.6 is 0 Å². The molecule has 2 heteroatoms. The van der Waals surface area contributed by atoms with E-state index in [1.807, 2.05) is 0 Å². The summed E-state index contributed by atoms with van der Waals surface area (Å²) < 4.78 is 0. The van der Waals surface area contributed by atoms with E-state index in [0.29, 0.717) is 0 Å². The Morgan fingerprint density at radius 3 is 0.673 bits per heavy atom. The van der Waals surface area contributed by atoms with Crippen LogP contribution in [0.1, 0.15) is 74.9 Å². The Balaban J connectivity index is 0.000000152. The van der Waals surface area contributed by atoms with Gasteiger partial charge in [0.1, 0.15) is 0 Å². The van der Waals surface area contributed by atoms with Gasteiger partial charge in [-0.2, -0.15) is 0 Å². The average Bonchev–Trinajstić information content (AvgIpc) is 1.62. The van der Waals surface area contributed by atoms with Gasteiger partial charge in [0.05, 0.1) is 11.4 Å². The molecule has 19 rings (SSSR count). The standard InChI is InChI=1S/C54H43N.C51H39N/c1-53(2)48-21-13-11-19-43(48)45-30-28-41(34-50(45)53)55(42-29-31-46-44-20-12-14-22-49(44)54(3,4)51(46)35-42)52-32-27-40(33-47(52)39-17-9-6-10-18-39)38-25-23-37(24-26-38)36-15-7-5-8-16-36;1-51(2)48-21-13-12-20-45(48)46-32-31-44(35-49(46)51)52(43-29-26-39(27-30-43)37-16-8-4-9-17-37)50-33-28-42(34-47(50)41-18-10-5-11-19-41)40-24-22-38(23-25-40)36-14-6-3-7-15-36/h5-35H,1-4H3;3-35H,1-2H3. The minimum Gasteiger partial charge on any atom is -0.310 e. The first-order chi connectivity index (χ1) is 52.3. The van der Waals surface area contributed by atoms with Crippen molar-refractivity contribution in [2.45, 2.75) is 57.8 Å². The van der Waals surface area contributed by atoms with Gasteiger partial charge in [-0.15, -0.1) is 0 Å². The molecule has 0 heterocycles. The van der Waals surface area contributed by atoms with Gasteiger partial charge in [-0.3, -0.25) is 0 Å². The number of hydrogen-bond acceptors (Lipinski definition) is 2. The summed E-state index contributed by atoms with van der Waals surface area (Å²) in [5.74, 6) is 0. The lowest BCUT2D eigenvalue weighted by Gasteiger charge is -2.31. The van der Waals surface area contributed by atoms with Gasteiger partial charge < -0.3 is 9.80 Å². The summed E-state index contributed by atoms with van der Waals surface area (Å²) in [5.41, 5.74) is 39.6. The van der Waals surface area contributed by atoms with E-state index in [1.165, 1.54) is 145 Å². The highest BCUT2D eigenvalue weighted by Crippen LogP contribution is 2.56. The molecule has 0 bridgehead atoms. The van der Waals surface area contributed by atoms with Crippen LogP contribution in [0, 0.1) is 0 Å². The molecule has 0 fully saturated rings. The van der Waals surface area contributed by atoms with Gasteiger partial charge in [0.2, 0.25) is 0 Å². The molecule has 3 aliphatic rings. The predicted molar refractivity (Wildman–Crippen MR) is 453 cm³/mol. The molecule has 0 amide bonds. The summed E-state index contributed by atoms with van der Waals surface area (Å²) in [4.78, 5) is 4.95. The maximum atomic E-state index is 2.50. The molecular formula is C105H82N2. The molecule has 3 aliphatic carbocycles. The second kappa shape index (κ2) is 27.0. The predicted octanol–water partition coefficient (Wildman–Crippen LogP) is 28.9. The van der Waals surface area contributed by atoms with Crippen molar-refractivity contribution in [1.82, 2.24) is 0 Å². The first kappa shape index (κ1) is 66.1. The monoisotopic (exact) mass is 1370 g/mol. The number of anilines is 6. The van der Waals surface area contributed by atoms with Gasteiger partial charge in [0.15, 0.2) is 0 Å². The van der Waals surface area contributed by atoms with Crippen LogP contribution in [0.5, 0.6) is 0 Å². The molecule has 107 heavy (non-hydrogen) atoms. The van der Waals surface area contributed by atoms with Crippen molar-refractivity contribution in [2.24, 2.45) is 0 Å². The second-order valence-corrected chi connectivity index (χ2v) is 30.4. The molecule has 0 radical (unpaired) electrons. The number of fused-ring (bicyclic) bond motifs is 9. The zero-order valence-electron chi connectivity index (χ0n) is 61.3. The van der Waals surface area contributed by atoms with Gasteiger partial charge in [-0.1, -0.05) is 357 Å². The van der Waals surface area contributed by atoms with Crippen LogP contribution < -0.4 is 9.80 Å². The van der Waals surface area contributed by atoms with Gasteiger partial charge >= 0.3 is 0 Å². The first-order valence-electron chi connectivity index (χ1n) is 37.5. The van der Waals surface area contributed by atoms with E-state index >= 15 is 0 Å². The van der Waals surface area contributed by atoms with Crippen LogP contribution in [-0.2, 0) is 16.2 Å². The Hall–Kier alpha value is -12.9. The molecule has 2 nitrogen and oxygen atoms in total. The Morgan fingerprint density at radius 2 is 0.364 bits per heavy atom. The lowest BCUT2D eigenvalue weighted by molar-refractivity contribution is 0.660. The molecule has 0 saturated heterocycles. The largest absolute Gasteiger partial charge is 0.310 e. The normalized spacial score (nSPS) is 13.4. The van der Waals surface area contributed by atoms with Crippen LogP contribution in [-0.4, -0.2) is 0 Å². The summed E-state index contributed by atoms with van der Waals surface area (Å²) in [6.07, 6.45) is 0. The average molecular weight is 1370 g/mol. The van der Waals surface area contributed by atoms with E-state index in [2.05, 4.69) is 440 Å². The van der Waals surface area contributed by atoms with E-state index < -0.39 is 0 Å². The molecule has 16 aromatic carbocycles. The molecular weight excluding hydrogens is 1290 g/mol. The van der Waals surface area contributed by atoms with Crippen LogP contribution in [0.25, 0.3) is 111 Å². The van der Waals surface area contributed by atoms with Gasteiger partial charge in [-0.05, 0) is 206 Å². The highest BCUT2D eigenvalue weighted by molar-refractivity contribution is 5.96. The highest BCUT2D eigenvalue weighted by atomic mass is 15.2. The summed E-state index contributed by atoms with van der Waals surface area (Å²) in [6, 6.07) is 142. The molecule has 512 valence electrons. The van der Waals surface area contributed by atoms with Crippen molar-refractivity contribution in [3.63, 3.8) is 0 Å². The fraction of sp³-hybridized carbons (Fsp3) is 0.0857. The van der Waals surface area contributed by atoms with E-state index in [9.17, 15) is 0 Å². The molecule has 0 unspecified atom stereocenters. The van der Waals surface area contributed by atoms with Gasteiger partial charge in [0.25, 0.3) is 0 Å². The van der Waals surface area contributed by atoms with Crippen molar-refractivity contribution in [2.75, 3.05) is 9.80 Å². The Kier molecular flexibility index (Phi) is 16.7. The summed E-state index contributed by atoms with van der Waals surface area (Å²) >= 11 is 0. The molecule has 0 aliphatic heterocycles.